The molecule has 1 aliphatic heterocycles. The number of hydrogen-bond donors (Lipinski definition) is 1. The normalized spacial score (nSPS) is 25.6. The Morgan fingerprint density at radius 2 is 2.00 bits per heavy atom. The molecule has 0 aromatic heterocycles. The van der Waals surface area contributed by atoms with E-state index in [0.717, 1.165) is 32.2 Å². The molecule has 1 N–H and O–H groups in total. The molecule has 0 bridgehead atoms. The zero-order chi connectivity index (χ0) is 14.6. The van der Waals surface area contributed by atoms with Crippen LogP contribution in [0.3, 0.4) is 0 Å². The predicted molar refractivity (Wildman–Crippen MR) is 74.3 cm³/mol. The number of carbonyl (C=O) groups excluding carboxylic acids is 1. The molecule has 0 aromatic rings. The summed E-state index contributed by atoms with van der Waals surface area (Å²) in [6, 6.07) is 0. The quantitative estimate of drug-likeness (QED) is 0.837. The summed E-state index contributed by atoms with van der Waals surface area (Å²) in [4.78, 5) is 25.8. The van der Waals surface area contributed by atoms with Crippen LogP contribution in [0, 0.1) is 11.3 Å². The van der Waals surface area contributed by atoms with Crippen LogP contribution < -0.4 is 0 Å². The molecule has 1 heterocycles. The van der Waals surface area contributed by atoms with E-state index in [9.17, 15) is 14.7 Å². The lowest BCUT2D eigenvalue weighted by Gasteiger charge is -2.34. The fourth-order valence-electron chi connectivity index (χ4n) is 3.58. The minimum absolute atomic E-state index is 0.00935. The van der Waals surface area contributed by atoms with Crippen molar-refractivity contribution in [1.82, 2.24) is 4.90 Å². The second kappa shape index (κ2) is 6.57. The Labute approximate surface area is 120 Å². The number of ether oxygens (including phenoxy) is 1. The summed E-state index contributed by atoms with van der Waals surface area (Å²) in [5, 5.41) is 9.46. The summed E-state index contributed by atoms with van der Waals surface area (Å²) in [5.41, 5.74) is -0.800. The maximum atomic E-state index is 12.4. The Morgan fingerprint density at radius 1 is 1.30 bits per heavy atom. The molecule has 1 saturated carbocycles. The molecule has 1 unspecified atom stereocenters. The summed E-state index contributed by atoms with van der Waals surface area (Å²) < 4.78 is 5.17. The van der Waals surface area contributed by atoms with Crippen LogP contribution in [0.25, 0.3) is 0 Å². The van der Waals surface area contributed by atoms with Crippen molar-refractivity contribution >= 4 is 11.9 Å². The number of amides is 1. The molecule has 2 aliphatic rings. The molecule has 114 valence electrons. The van der Waals surface area contributed by atoms with Crippen molar-refractivity contribution in [3.63, 3.8) is 0 Å². The summed E-state index contributed by atoms with van der Waals surface area (Å²) >= 11 is 0. The fourth-order valence-corrected chi connectivity index (χ4v) is 3.58. The predicted octanol–water partition coefficient (Wildman–Crippen LogP) is 1.91. The number of carboxylic acids is 1. The molecule has 0 radical (unpaired) electrons. The van der Waals surface area contributed by atoms with E-state index in [2.05, 4.69) is 0 Å². The van der Waals surface area contributed by atoms with E-state index in [1.807, 2.05) is 4.90 Å². The maximum Gasteiger partial charge on any atom is 0.310 e. The molecule has 20 heavy (non-hydrogen) atoms. The van der Waals surface area contributed by atoms with Gasteiger partial charge in [0.25, 0.3) is 0 Å². The number of carboxylic acid groups (broad SMARTS) is 1. The molecule has 5 heteroatoms. The SMILES string of the molecule is COCC1CCCN(C(=O)CC2(C(=O)O)CCCC2)C1. The van der Waals surface area contributed by atoms with Gasteiger partial charge in [0.05, 0.1) is 12.0 Å². The van der Waals surface area contributed by atoms with Gasteiger partial charge in [-0.3, -0.25) is 9.59 Å². The van der Waals surface area contributed by atoms with E-state index in [0.29, 0.717) is 31.9 Å². The minimum atomic E-state index is -0.800. The van der Waals surface area contributed by atoms with Gasteiger partial charge in [-0.2, -0.15) is 0 Å². The number of aliphatic carboxylic acids is 1. The topological polar surface area (TPSA) is 66.8 Å². The third-order valence-electron chi connectivity index (χ3n) is 4.78. The van der Waals surface area contributed by atoms with Gasteiger partial charge in [-0.25, -0.2) is 0 Å². The first-order valence-electron chi connectivity index (χ1n) is 7.57. The first-order valence-corrected chi connectivity index (χ1v) is 7.57. The molecule has 1 aliphatic carbocycles. The van der Waals surface area contributed by atoms with Crippen molar-refractivity contribution in [2.45, 2.75) is 44.9 Å². The highest BCUT2D eigenvalue weighted by Gasteiger charge is 2.44. The van der Waals surface area contributed by atoms with E-state index in [1.165, 1.54) is 0 Å². The number of rotatable bonds is 5. The number of methoxy groups -OCH3 is 1. The molecule has 0 aromatic carbocycles. The molecule has 1 saturated heterocycles. The largest absolute Gasteiger partial charge is 0.481 e. The lowest BCUT2D eigenvalue weighted by Crippen LogP contribution is -2.44. The van der Waals surface area contributed by atoms with Crippen LogP contribution in [0.4, 0.5) is 0 Å². The maximum absolute atomic E-state index is 12.4. The number of piperidine rings is 1. The minimum Gasteiger partial charge on any atom is -0.481 e. The first-order chi connectivity index (χ1) is 9.57. The van der Waals surface area contributed by atoms with Crippen molar-refractivity contribution < 1.29 is 19.4 Å². The molecule has 2 fully saturated rings. The Hall–Kier alpha value is -1.10. The molecular weight excluding hydrogens is 258 g/mol. The highest BCUT2D eigenvalue weighted by atomic mass is 16.5. The van der Waals surface area contributed by atoms with Crippen LogP contribution in [-0.2, 0) is 14.3 Å². The van der Waals surface area contributed by atoms with Crippen molar-refractivity contribution in [3.8, 4) is 0 Å². The summed E-state index contributed by atoms with van der Waals surface area (Å²) in [7, 11) is 1.68. The average molecular weight is 283 g/mol. The zero-order valence-electron chi connectivity index (χ0n) is 12.3. The van der Waals surface area contributed by atoms with Gasteiger partial charge < -0.3 is 14.7 Å². The second-order valence-corrected chi connectivity index (χ2v) is 6.27. The van der Waals surface area contributed by atoms with Gasteiger partial charge >= 0.3 is 5.97 Å². The number of nitrogens with zero attached hydrogens (tertiary/aromatic N) is 1. The van der Waals surface area contributed by atoms with Crippen LogP contribution in [0.1, 0.15) is 44.9 Å². The van der Waals surface area contributed by atoms with E-state index in [1.54, 1.807) is 7.11 Å². The zero-order valence-corrected chi connectivity index (χ0v) is 12.3. The highest BCUT2D eigenvalue weighted by molar-refractivity contribution is 5.85. The smallest absolute Gasteiger partial charge is 0.310 e. The fraction of sp³-hybridized carbons (Fsp3) is 0.867. The van der Waals surface area contributed by atoms with Crippen LogP contribution >= 0.6 is 0 Å². The van der Waals surface area contributed by atoms with Crippen LogP contribution in [-0.4, -0.2) is 48.7 Å². The van der Waals surface area contributed by atoms with Crippen molar-refractivity contribution in [3.05, 3.63) is 0 Å². The molecule has 5 nitrogen and oxygen atoms in total. The van der Waals surface area contributed by atoms with Gasteiger partial charge in [-0.05, 0) is 31.6 Å². The van der Waals surface area contributed by atoms with Crippen LogP contribution in [0.5, 0.6) is 0 Å². The lowest BCUT2D eigenvalue weighted by atomic mass is 9.82. The van der Waals surface area contributed by atoms with Gasteiger partial charge in [0.1, 0.15) is 0 Å². The van der Waals surface area contributed by atoms with Gasteiger partial charge in [0.2, 0.25) is 5.91 Å². The molecule has 0 spiro atoms. The van der Waals surface area contributed by atoms with Gasteiger partial charge in [-0.15, -0.1) is 0 Å². The summed E-state index contributed by atoms with van der Waals surface area (Å²) in [6.07, 6.45) is 5.37. The first kappa shape index (κ1) is 15.3. The molecule has 2 rings (SSSR count). The molecule has 1 amide bonds. The Bertz CT molecular complexity index is 361. The van der Waals surface area contributed by atoms with Crippen LogP contribution in [0.15, 0.2) is 0 Å². The third-order valence-corrected chi connectivity index (χ3v) is 4.78. The lowest BCUT2D eigenvalue weighted by molar-refractivity contribution is -0.154. The molecule has 1 atom stereocenters. The van der Waals surface area contributed by atoms with E-state index >= 15 is 0 Å². The van der Waals surface area contributed by atoms with Crippen LogP contribution in [0.2, 0.25) is 0 Å². The Morgan fingerprint density at radius 3 is 2.60 bits per heavy atom. The van der Waals surface area contributed by atoms with Gasteiger partial charge in [-0.1, -0.05) is 12.8 Å². The average Bonchev–Trinajstić information content (AvgIpc) is 2.89. The Balaban J connectivity index is 1.95. The highest BCUT2D eigenvalue weighted by Crippen LogP contribution is 2.42. The molecular formula is C15H25NO4. The van der Waals surface area contributed by atoms with E-state index in [4.69, 9.17) is 4.74 Å². The number of likely N-dealkylation sites (tertiary alicyclic amines) is 1. The van der Waals surface area contributed by atoms with Crippen molar-refractivity contribution in [2.75, 3.05) is 26.8 Å². The van der Waals surface area contributed by atoms with Crippen molar-refractivity contribution in [1.29, 1.82) is 0 Å². The van der Waals surface area contributed by atoms with Crippen molar-refractivity contribution in [2.24, 2.45) is 11.3 Å². The number of hydrogen-bond acceptors (Lipinski definition) is 3. The van der Waals surface area contributed by atoms with E-state index < -0.39 is 11.4 Å². The number of carbonyl (C=O) groups is 2. The monoisotopic (exact) mass is 283 g/mol. The van der Waals surface area contributed by atoms with Gasteiger partial charge in [0, 0.05) is 26.6 Å². The second-order valence-electron chi connectivity index (χ2n) is 6.27. The summed E-state index contributed by atoms with van der Waals surface area (Å²) in [5.74, 6) is -0.397. The van der Waals surface area contributed by atoms with Gasteiger partial charge in [0.15, 0.2) is 0 Å². The van der Waals surface area contributed by atoms with E-state index in [-0.39, 0.29) is 12.3 Å². The third kappa shape index (κ3) is 3.32. The Kier molecular flexibility index (Phi) is 5.02. The standard InChI is InChI=1S/C15H25NO4/c1-20-11-12-5-4-8-16(10-12)13(17)9-15(14(18)19)6-2-3-7-15/h12H,2-11H2,1H3,(H,18,19). The summed E-state index contributed by atoms with van der Waals surface area (Å²) in [6.45, 7) is 2.14.